The Labute approximate surface area is 111 Å². The van der Waals surface area contributed by atoms with E-state index in [1.807, 2.05) is 0 Å². The lowest BCUT2D eigenvalue weighted by atomic mass is 9.86. The fourth-order valence-corrected chi connectivity index (χ4v) is 2.98. The average Bonchev–Trinajstić information content (AvgIpc) is 2.37. The van der Waals surface area contributed by atoms with E-state index in [-0.39, 0.29) is 12.1 Å². The first-order chi connectivity index (χ1) is 8.52. The van der Waals surface area contributed by atoms with Gasteiger partial charge in [0, 0.05) is 6.61 Å². The third kappa shape index (κ3) is 2.45. The van der Waals surface area contributed by atoms with Gasteiger partial charge in [-0.1, -0.05) is 6.07 Å². The summed E-state index contributed by atoms with van der Waals surface area (Å²) in [5, 5.41) is 0. The molecule has 2 rings (SSSR count). The molecule has 2 heteroatoms. The molecule has 1 aliphatic rings. The largest absolute Gasteiger partial charge is 0.376 e. The van der Waals surface area contributed by atoms with Gasteiger partial charge < -0.3 is 10.5 Å². The lowest BCUT2D eigenvalue weighted by Gasteiger charge is -2.31. The summed E-state index contributed by atoms with van der Waals surface area (Å²) in [7, 11) is 0. The van der Waals surface area contributed by atoms with Gasteiger partial charge in [0.1, 0.15) is 0 Å². The first-order valence-electron chi connectivity index (χ1n) is 6.97. The summed E-state index contributed by atoms with van der Waals surface area (Å²) < 4.78 is 5.86. The van der Waals surface area contributed by atoms with Crippen molar-refractivity contribution < 1.29 is 4.74 Å². The van der Waals surface area contributed by atoms with Crippen molar-refractivity contribution in [1.82, 2.24) is 0 Å². The lowest BCUT2D eigenvalue weighted by molar-refractivity contribution is -0.000234. The quantitative estimate of drug-likeness (QED) is 0.868. The first-order valence-corrected chi connectivity index (χ1v) is 6.97. The van der Waals surface area contributed by atoms with Gasteiger partial charge in [-0.05, 0) is 74.8 Å². The highest BCUT2D eigenvalue weighted by Crippen LogP contribution is 2.31. The molecular weight excluding hydrogens is 222 g/mol. The number of ether oxygens (including phenoxy) is 1. The van der Waals surface area contributed by atoms with Crippen molar-refractivity contribution in [2.24, 2.45) is 5.73 Å². The van der Waals surface area contributed by atoms with E-state index in [0.29, 0.717) is 0 Å². The van der Waals surface area contributed by atoms with E-state index in [9.17, 15) is 0 Å². The Morgan fingerprint density at radius 2 is 1.72 bits per heavy atom. The van der Waals surface area contributed by atoms with Crippen molar-refractivity contribution in [3.63, 3.8) is 0 Å². The highest BCUT2D eigenvalue weighted by atomic mass is 16.5. The van der Waals surface area contributed by atoms with Gasteiger partial charge in [0.25, 0.3) is 0 Å². The number of nitrogens with two attached hydrogens (primary N) is 1. The fraction of sp³-hybridized carbons (Fsp3) is 0.625. The van der Waals surface area contributed by atoms with Crippen LogP contribution in [-0.4, -0.2) is 12.7 Å². The van der Waals surface area contributed by atoms with Crippen molar-refractivity contribution in [2.45, 2.75) is 59.1 Å². The molecule has 0 aromatic heterocycles. The summed E-state index contributed by atoms with van der Waals surface area (Å²) in [6, 6.07) is 2.27. The molecule has 0 aliphatic carbocycles. The Morgan fingerprint density at radius 3 is 2.22 bits per heavy atom. The third-order valence-corrected chi connectivity index (χ3v) is 4.37. The standard InChI is InChI=1S/C16H25NO/c1-10-9-11(2)13(4)15(12(10)3)16(17)14-7-5-6-8-18-14/h9,14,16H,5-8,17H2,1-4H3. The minimum atomic E-state index is 0.0175. The molecule has 0 radical (unpaired) electrons. The van der Waals surface area contributed by atoms with E-state index < -0.39 is 0 Å². The van der Waals surface area contributed by atoms with E-state index in [1.54, 1.807) is 0 Å². The van der Waals surface area contributed by atoms with Crippen LogP contribution in [0.1, 0.15) is 53.1 Å². The van der Waals surface area contributed by atoms with Gasteiger partial charge in [-0.15, -0.1) is 0 Å². The molecule has 2 N–H and O–H groups in total. The van der Waals surface area contributed by atoms with Crippen molar-refractivity contribution in [2.75, 3.05) is 6.61 Å². The number of benzene rings is 1. The zero-order valence-corrected chi connectivity index (χ0v) is 12.0. The molecule has 1 saturated heterocycles. The van der Waals surface area contributed by atoms with E-state index in [2.05, 4.69) is 33.8 Å². The van der Waals surface area contributed by atoms with E-state index in [1.165, 1.54) is 40.7 Å². The normalized spacial score (nSPS) is 21.9. The summed E-state index contributed by atoms with van der Waals surface area (Å²) >= 11 is 0. The average molecular weight is 247 g/mol. The Morgan fingerprint density at radius 1 is 1.11 bits per heavy atom. The highest BCUT2D eigenvalue weighted by Gasteiger charge is 2.26. The third-order valence-electron chi connectivity index (χ3n) is 4.37. The topological polar surface area (TPSA) is 35.2 Å². The number of aryl methyl sites for hydroxylation is 2. The van der Waals surface area contributed by atoms with Crippen LogP contribution in [0.2, 0.25) is 0 Å². The predicted octanol–water partition coefficient (Wildman–Crippen LogP) is 3.49. The summed E-state index contributed by atoms with van der Waals surface area (Å²) in [5.74, 6) is 0. The van der Waals surface area contributed by atoms with Crippen LogP contribution in [-0.2, 0) is 4.74 Å². The molecule has 1 aromatic rings. The van der Waals surface area contributed by atoms with Crippen LogP contribution in [0.25, 0.3) is 0 Å². The maximum Gasteiger partial charge on any atom is 0.0767 e. The smallest absolute Gasteiger partial charge is 0.0767 e. The van der Waals surface area contributed by atoms with Gasteiger partial charge in [-0.25, -0.2) is 0 Å². The van der Waals surface area contributed by atoms with Gasteiger partial charge in [-0.3, -0.25) is 0 Å². The lowest BCUT2D eigenvalue weighted by Crippen LogP contribution is -2.33. The van der Waals surface area contributed by atoms with Crippen molar-refractivity contribution in [3.8, 4) is 0 Å². The maximum absolute atomic E-state index is 6.48. The zero-order valence-electron chi connectivity index (χ0n) is 12.0. The highest BCUT2D eigenvalue weighted by molar-refractivity contribution is 5.46. The maximum atomic E-state index is 6.48. The molecule has 0 amide bonds. The van der Waals surface area contributed by atoms with Gasteiger partial charge in [0.2, 0.25) is 0 Å². The van der Waals surface area contributed by atoms with Crippen LogP contribution in [0.15, 0.2) is 6.07 Å². The van der Waals surface area contributed by atoms with Gasteiger partial charge in [0.05, 0.1) is 12.1 Å². The summed E-state index contributed by atoms with van der Waals surface area (Å²) in [5.41, 5.74) is 13.1. The molecule has 2 nitrogen and oxygen atoms in total. The minimum absolute atomic E-state index is 0.0175. The molecule has 1 fully saturated rings. The predicted molar refractivity (Wildman–Crippen MR) is 75.9 cm³/mol. The van der Waals surface area contributed by atoms with E-state index >= 15 is 0 Å². The Hall–Kier alpha value is -0.860. The van der Waals surface area contributed by atoms with Crippen LogP contribution < -0.4 is 5.73 Å². The van der Waals surface area contributed by atoms with Crippen LogP contribution in [0.3, 0.4) is 0 Å². The molecule has 18 heavy (non-hydrogen) atoms. The molecule has 0 bridgehead atoms. The summed E-state index contributed by atoms with van der Waals surface area (Å²) in [6.07, 6.45) is 3.69. The van der Waals surface area contributed by atoms with Gasteiger partial charge >= 0.3 is 0 Å². The van der Waals surface area contributed by atoms with Crippen molar-refractivity contribution in [1.29, 1.82) is 0 Å². The SMILES string of the molecule is Cc1cc(C)c(C)c(C(N)C2CCCCO2)c1C. The number of rotatable bonds is 2. The number of hydrogen-bond donors (Lipinski definition) is 1. The molecule has 1 aliphatic heterocycles. The Bertz CT molecular complexity index is 407. The van der Waals surface area contributed by atoms with Crippen LogP contribution in [0, 0.1) is 27.7 Å². The van der Waals surface area contributed by atoms with Crippen LogP contribution in [0.5, 0.6) is 0 Å². The molecule has 2 unspecified atom stereocenters. The van der Waals surface area contributed by atoms with Crippen molar-refractivity contribution in [3.05, 3.63) is 33.9 Å². The number of hydrogen-bond acceptors (Lipinski definition) is 2. The molecular formula is C16H25NO. The van der Waals surface area contributed by atoms with E-state index in [4.69, 9.17) is 10.5 Å². The Kier molecular flexibility index (Phi) is 4.08. The van der Waals surface area contributed by atoms with Gasteiger partial charge in [-0.2, -0.15) is 0 Å². The van der Waals surface area contributed by atoms with Crippen LogP contribution >= 0.6 is 0 Å². The first kappa shape index (κ1) is 13.6. The zero-order chi connectivity index (χ0) is 13.3. The molecule has 1 aromatic carbocycles. The molecule has 0 saturated carbocycles. The summed E-state index contributed by atoms with van der Waals surface area (Å²) in [4.78, 5) is 0. The molecule has 1 heterocycles. The summed E-state index contributed by atoms with van der Waals surface area (Å²) in [6.45, 7) is 9.56. The second-order valence-electron chi connectivity index (χ2n) is 5.60. The molecule has 2 atom stereocenters. The fourth-order valence-electron chi connectivity index (χ4n) is 2.98. The van der Waals surface area contributed by atoms with Crippen LogP contribution in [0.4, 0.5) is 0 Å². The molecule has 100 valence electrons. The Balaban J connectivity index is 2.37. The van der Waals surface area contributed by atoms with Crippen molar-refractivity contribution >= 4 is 0 Å². The van der Waals surface area contributed by atoms with Gasteiger partial charge in [0.15, 0.2) is 0 Å². The second kappa shape index (κ2) is 5.41. The van der Waals surface area contributed by atoms with E-state index in [0.717, 1.165) is 13.0 Å². The second-order valence-corrected chi connectivity index (χ2v) is 5.60. The molecule has 0 spiro atoms. The minimum Gasteiger partial charge on any atom is -0.376 e. The monoisotopic (exact) mass is 247 g/mol.